The van der Waals surface area contributed by atoms with Crippen molar-refractivity contribution >= 4 is 11.9 Å². The highest BCUT2D eigenvalue weighted by Gasteiger charge is 2.61. The van der Waals surface area contributed by atoms with E-state index >= 15 is 0 Å². The second kappa shape index (κ2) is 6.43. The predicted octanol–water partition coefficient (Wildman–Crippen LogP) is 2.49. The number of aliphatic hydroxyl groups is 1. The van der Waals surface area contributed by atoms with Gasteiger partial charge in [0.15, 0.2) is 11.5 Å². The van der Waals surface area contributed by atoms with Crippen molar-refractivity contribution < 1.29 is 24.1 Å². The molecule has 4 unspecified atom stereocenters. The summed E-state index contributed by atoms with van der Waals surface area (Å²) in [5, 5.41) is 20.4. The molecule has 2 aromatic carbocycles. The number of ether oxygens (including phenoxy) is 1. The highest BCUT2D eigenvalue weighted by Crippen LogP contribution is 2.55. The van der Waals surface area contributed by atoms with E-state index in [1.807, 2.05) is 0 Å². The maximum Gasteiger partial charge on any atom is 0.262 e. The summed E-state index contributed by atoms with van der Waals surface area (Å²) >= 11 is 0. The van der Waals surface area contributed by atoms with Gasteiger partial charge in [-0.05, 0) is 55.2 Å². The maximum atomic E-state index is 13.9. The molecule has 31 heavy (non-hydrogen) atoms. The zero-order chi connectivity index (χ0) is 22.1. The van der Waals surface area contributed by atoms with Crippen LogP contribution in [0.15, 0.2) is 41.4 Å². The van der Waals surface area contributed by atoms with E-state index in [1.165, 1.54) is 17.0 Å². The standard InChI is InChI=1S/C23H24FN3O4/c1-22(30)6-5-16-19(11-22)31-18-4-3-12(13-7-14(24)10-15(28)8-13)9-17(18)23(16)20(29)27(2)21(25)26-23/h3-4,7-10,16,19,28,30H,5-6,11H2,1-2H3,(H2,25,26). The Kier molecular flexibility index (Phi) is 4.11. The van der Waals surface area contributed by atoms with Crippen molar-refractivity contribution in [2.75, 3.05) is 7.05 Å². The fourth-order valence-corrected chi connectivity index (χ4v) is 5.23. The second-order valence-corrected chi connectivity index (χ2v) is 9.01. The Labute approximate surface area is 179 Å². The smallest absolute Gasteiger partial charge is 0.262 e. The lowest BCUT2D eigenvalue weighted by atomic mass is 9.64. The molecule has 0 radical (unpaired) electrons. The number of guanidine groups is 1. The van der Waals surface area contributed by atoms with Crippen LogP contribution in [-0.2, 0) is 10.3 Å². The van der Waals surface area contributed by atoms with E-state index in [4.69, 9.17) is 10.5 Å². The number of aliphatic imine (C=N–C) groups is 1. The molecule has 0 saturated heterocycles. The average Bonchev–Trinajstić information content (AvgIpc) is 2.91. The first-order valence-electron chi connectivity index (χ1n) is 10.3. The lowest BCUT2D eigenvalue weighted by molar-refractivity contribution is -0.140. The van der Waals surface area contributed by atoms with E-state index in [1.54, 1.807) is 32.2 Å². The molecular formula is C23H24FN3O4. The number of hydrogen-bond acceptors (Lipinski definition) is 6. The molecule has 4 N–H and O–H groups in total. The molecule has 3 aliphatic rings. The Balaban J connectivity index is 1.71. The summed E-state index contributed by atoms with van der Waals surface area (Å²) in [6.07, 6.45) is 1.04. The first-order valence-corrected chi connectivity index (χ1v) is 10.3. The number of nitrogens with zero attached hydrogens (tertiary/aromatic N) is 2. The van der Waals surface area contributed by atoms with Gasteiger partial charge in [0.05, 0.1) is 5.60 Å². The molecule has 1 saturated carbocycles. The van der Waals surface area contributed by atoms with E-state index in [-0.39, 0.29) is 23.5 Å². The fourth-order valence-electron chi connectivity index (χ4n) is 5.23. The average molecular weight is 425 g/mol. The SMILES string of the molecule is CN1C(=O)C2(N=C1N)c1cc(-c3cc(O)cc(F)c3)ccc1OC1CC(C)(O)CCC12. The Hall–Kier alpha value is -3.13. The molecule has 1 aliphatic carbocycles. The van der Waals surface area contributed by atoms with Crippen molar-refractivity contribution in [2.24, 2.45) is 16.6 Å². The minimum absolute atomic E-state index is 0.128. The van der Waals surface area contributed by atoms with Crippen molar-refractivity contribution in [2.45, 2.75) is 43.4 Å². The first-order chi connectivity index (χ1) is 14.6. The molecule has 1 spiro atoms. The number of amides is 1. The number of hydrogen-bond donors (Lipinski definition) is 3. The maximum absolute atomic E-state index is 13.9. The molecule has 4 atom stereocenters. The van der Waals surface area contributed by atoms with Crippen molar-refractivity contribution in [1.82, 2.24) is 4.90 Å². The molecule has 0 aromatic heterocycles. The number of carbonyl (C=O) groups excluding carboxylic acids is 1. The van der Waals surface area contributed by atoms with E-state index in [0.717, 1.165) is 6.07 Å². The first kappa shape index (κ1) is 19.8. The Morgan fingerprint density at radius 2 is 2.03 bits per heavy atom. The Bertz CT molecular complexity index is 1110. The third-order valence-electron chi connectivity index (χ3n) is 6.77. The van der Waals surface area contributed by atoms with Crippen molar-refractivity contribution in [1.29, 1.82) is 0 Å². The number of rotatable bonds is 1. The third kappa shape index (κ3) is 2.89. The van der Waals surface area contributed by atoms with Gasteiger partial charge in [-0.2, -0.15) is 0 Å². The number of nitrogens with two attached hydrogens (primary N) is 1. The molecular weight excluding hydrogens is 401 g/mol. The van der Waals surface area contributed by atoms with E-state index < -0.39 is 23.1 Å². The van der Waals surface area contributed by atoms with Crippen LogP contribution in [0.4, 0.5) is 4.39 Å². The van der Waals surface area contributed by atoms with Gasteiger partial charge in [0.25, 0.3) is 5.91 Å². The number of aromatic hydroxyl groups is 1. The van der Waals surface area contributed by atoms with Crippen molar-refractivity contribution in [3.8, 4) is 22.6 Å². The highest BCUT2D eigenvalue weighted by atomic mass is 19.1. The lowest BCUT2D eigenvalue weighted by Crippen LogP contribution is -2.56. The molecule has 2 aliphatic heterocycles. The van der Waals surface area contributed by atoms with Gasteiger partial charge in [-0.3, -0.25) is 9.69 Å². The van der Waals surface area contributed by atoms with Gasteiger partial charge in [0.1, 0.15) is 23.4 Å². The lowest BCUT2D eigenvalue weighted by Gasteiger charge is -2.49. The van der Waals surface area contributed by atoms with Gasteiger partial charge in [0.2, 0.25) is 0 Å². The third-order valence-corrected chi connectivity index (χ3v) is 6.77. The summed E-state index contributed by atoms with van der Waals surface area (Å²) in [4.78, 5) is 19.6. The molecule has 0 bridgehead atoms. The normalized spacial score (nSPS) is 31.8. The zero-order valence-corrected chi connectivity index (χ0v) is 17.3. The number of halogens is 1. The van der Waals surface area contributed by atoms with E-state index in [9.17, 15) is 19.4 Å². The number of phenolic OH excluding ortho intramolecular Hbond substituents is 1. The van der Waals surface area contributed by atoms with E-state index in [2.05, 4.69) is 4.99 Å². The second-order valence-electron chi connectivity index (χ2n) is 9.01. The molecule has 1 amide bonds. The summed E-state index contributed by atoms with van der Waals surface area (Å²) in [5.41, 5.74) is 5.58. The zero-order valence-electron chi connectivity index (χ0n) is 17.3. The van der Waals surface area contributed by atoms with Crippen molar-refractivity contribution in [3.05, 3.63) is 47.8 Å². The van der Waals surface area contributed by atoms with Crippen LogP contribution < -0.4 is 10.5 Å². The molecule has 5 rings (SSSR count). The Morgan fingerprint density at radius 1 is 1.26 bits per heavy atom. The van der Waals surface area contributed by atoms with Crippen LogP contribution in [0.25, 0.3) is 11.1 Å². The van der Waals surface area contributed by atoms with Crippen LogP contribution in [0.5, 0.6) is 11.5 Å². The topological polar surface area (TPSA) is 108 Å². The van der Waals surface area contributed by atoms with Crippen LogP contribution in [-0.4, -0.2) is 45.7 Å². The van der Waals surface area contributed by atoms with Gasteiger partial charge in [-0.15, -0.1) is 0 Å². The molecule has 2 heterocycles. The van der Waals surface area contributed by atoms with Gasteiger partial charge in [-0.1, -0.05) is 6.07 Å². The summed E-state index contributed by atoms with van der Waals surface area (Å²) in [5.74, 6) is -0.677. The number of carbonyl (C=O) groups is 1. The molecule has 7 nitrogen and oxygen atoms in total. The number of fused-ring (bicyclic) bond motifs is 4. The summed E-state index contributed by atoms with van der Waals surface area (Å²) in [6.45, 7) is 1.77. The summed E-state index contributed by atoms with van der Waals surface area (Å²) in [6, 6.07) is 9.05. The van der Waals surface area contributed by atoms with E-state index in [0.29, 0.717) is 41.7 Å². The summed E-state index contributed by atoms with van der Waals surface area (Å²) in [7, 11) is 1.59. The van der Waals surface area contributed by atoms with Gasteiger partial charge < -0.3 is 20.7 Å². The van der Waals surface area contributed by atoms with Crippen LogP contribution >= 0.6 is 0 Å². The molecule has 1 fully saturated rings. The number of phenols is 1. The van der Waals surface area contributed by atoms with Crippen LogP contribution in [0.2, 0.25) is 0 Å². The van der Waals surface area contributed by atoms with Gasteiger partial charge in [0, 0.05) is 31.0 Å². The number of likely N-dealkylation sites (N-methyl/N-ethyl adjacent to an activating group) is 1. The largest absolute Gasteiger partial charge is 0.508 e. The van der Waals surface area contributed by atoms with Gasteiger partial charge in [-0.25, -0.2) is 9.38 Å². The molecule has 162 valence electrons. The fraction of sp³-hybridized carbons (Fsp3) is 0.391. The minimum Gasteiger partial charge on any atom is -0.508 e. The predicted molar refractivity (Wildman–Crippen MR) is 112 cm³/mol. The molecule has 8 heteroatoms. The van der Waals surface area contributed by atoms with Crippen LogP contribution in [0.3, 0.4) is 0 Å². The number of benzene rings is 2. The summed E-state index contributed by atoms with van der Waals surface area (Å²) < 4.78 is 20.1. The van der Waals surface area contributed by atoms with Crippen LogP contribution in [0, 0.1) is 11.7 Å². The monoisotopic (exact) mass is 425 g/mol. The van der Waals surface area contributed by atoms with Crippen molar-refractivity contribution in [3.63, 3.8) is 0 Å². The van der Waals surface area contributed by atoms with Gasteiger partial charge >= 0.3 is 0 Å². The molecule has 2 aromatic rings. The highest BCUT2D eigenvalue weighted by molar-refractivity contribution is 6.07. The minimum atomic E-state index is -1.26. The quantitative estimate of drug-likeness (QED) is 0.651. The van der Waals surface area contributed by atoms with Crippen LogP contribution in [0.1, 0.15) is 31.7 Å². The Morgan fingerprint density at radius 3 is 2.71 bits per heavy atom.